The number of H-pyrrole nitrogens is 1. The molecule has 2 saturated heterocycles. The zero-order valence-corrected chi connectivity index (χ0v) is 34.3. The van der Waals surface area contributed by atoms with Crippen LogP contribution in [0.1, 0.15) is 68.9 Å². The number of phenols is 1. The molecule has 7 aliphatic rings. The van der Waals surface area contributed by atoms with E-state index in [1.807, 2.05) is 38.1 Å². The van der Waals surface area contributed by atoms with Crippen LogP contribution in [-0.4, -0.2) is 96.4 Å². The van der Waals surface area contributed by atoms with Gasteiger partial charge in [-0.15, -0.1) is 18.3 Å². The maximum absolute atomic E-state index is 15.0. The average Bonchev–Trinajstić information content (AvgIpc) is 3.87. The third-order valence-electron chi connectivity index (χ3n) is 13.3. The highest BCUT2D eigenvalue weighted by atomic mass is 32.2. The summed E-state index contributed by atoms with van der Waals surface area (Å²) in [6.07, 6.45) is 2.98. The van der Waals surface area contributed by atoms with E-state index in [4.69, 9.17) is 28.4 Å². The number of benzene rings is 3. The van der Waals surface area contributed by atoms with Gasteiger partial charge in [-0.3, -0.25) is 19.9 Å². The number of esters is 2. The van der Waals surface area contributed by atoms with Crippen molar-refractivity contribution in [1.82, 2.24) is 20.1 Å². The lowest BCUT2D eigenvalue weighted by Gasteiger charge is -2.62. The molecular formula is C44H45N5O9S. The largest absolute Gasteiger partial charge is 0.504 e. The molecule has 0 aliphatic carbocycles. The Kier molecular flexibility index (Phi) is 8.88. The van der Waals surface area contributed by atoms with Crippen molar-refractivity contribution in [2.45, 2.75) is 74.6 Å². The number of methoxy groups -OCH3 is 2. The molecular weight excluding hydrogens is 775 g/mol. The van der Waals surface area contributed by atoms with E-state index < -0.39 is 46.9 Å². The third kappa shape index (κ3) is 5.22. The van der Waals surface area contributed by atoms with Gasteiger partial charge < -0.3 is 38.5 Å². The Bertz CT molecular complexity index is 2530. The summed E-state index contributed by atoms with van der Waals surface area (Å²) >= 11 is 1.53. The van der Waals surface area contributed by atoms with Crippen LogP contribution in [0.2, 0.25) is 0 Å². The predicted molar refractivity (Wildman–Crippen MR) is 217 cm³/mol. The Morgan fingerprint density at radius 2 is 1.95 bits per heavy atom. The Balaban J connectivity index is 1.26. The number of hydrogen-bond acceptors (Lipinski definition) is 14. The lowest BCUT2D eigenvalue weighted by atomic mass is 9.71. The fraction of sp³-hybridized carbons (Fsp3) is 0.432. The van der Waals surface area contributed by atoms with Crippen LogP contribution in [0.3, 0.4) is 0 Å². The number of carbonyl (C=O) groups excluding carboxylic acids is 2. The van der Waals surface area contributed by atoms with Gasteiger partial charge in [0.15, 0.2) is 28.5 Å². The zero-order chi connectivity index (χ0) is 41.1. The van der Waals surface area contributed by atoms with Gasteiger partial charge in [-0.25, -0.2) is 4.79 Å². The second-order valence-electron chi connectivity index (χ2n) is 16.1. The average molecular weight is 820 g/mol. The molecule has 14 nitrogen and oxygen atoms in total. The van der Waals surface area contributed by atoms with Crippen LogP contribution >= 0.6 is 11.8 Å². The van der Waals surface area contributed by atoms with Gasteiger partial charge in [-0.05, 0) is 61.6 Å². The summed E-state index contributed by atoms with van der Waals surface area (Å²) in [5.74, 6) is 1.66. The van der Waals surface area contributed by atoms with Crippen molar-refractivity contribution in [3.05, 3.63) is 81.6 Å². The number of nitrogens with one attached hydrogen (secondary N) is 2. The van der Waals surface area contributed by atoms with Crippen molar-refractivity contribution in [1.29, 1.82) is 5.26 Å². The topological polar surface area (TPSA) is 168 Å². The van der Waals surface area contributed by atoms with Crippen LogP contribution in [-0.2, 0) is 32.7 Å². The number of aryl methyl sites for hydroxylation is 1. The first-order valence-corrected chi connectivity index (χ1v) is 20.9. The number of fused-ring (bicyclic) bond motifs is 11. The lowest BCUT2D eigenvalue weighted by molar-refractivity contribution is -0.157. The predicted octanol–water partition coefficient (Wildman–Crippen LogP) is 5.32. The number of hydrogen-bond donors (Lipinski definition) is 3. The molecule has 1 spiro atoms. The van der Waals surface area contributed by atoms with E-state index >= 15 is 0 Å². The van der Waals surface area contributed by atoms with Crippen molar-refractivity contribution < 1.29 is 43.1 Å². The van der Waals surface area contributed by atoms with E-state index in [1.54, 1.807) is 14.2 Å². The second-order valence-corrected chi connectivity index (χ2v) is 17.2. The van der Waals surface area contributed by atoms with Crippen molar-refractivity contribution in [3.8, 4) is 40.6 Å². The van der Waals surface area contributed by atoms with Crippen LogP contribution in [0.5, 0.6) is 34.5 Å². The first-order valence-electron chi connectivity index (χ1n) is 19.9. The molecule has 59 heavy (non-hydrogen) atoms. The van der Waals surface area contributed by atoms with Crippen LogP contribution in [0, 0.1) is 25.2 Å². The number of carbonyl (C=O) groups is 2. The molecule has 0 saturated carbocycles. The number of aromatic hydroxyl groups is 1. The van der Waals surface area contributed by atoms with E-state index in [2.05, 4.69) is 38.8 Å². The first kappa shape index (κ1) is 37.8. The van der Waals surface area contributed by atoms with Gasteiger partial charge in [-0.2, -0.15) is 5.26 Å². The number of nitriles is 1. The molecule has 3 aromatic carbocycles. The summed E-state index contributed by atoms with van der Waals surface area (Å²) < 4.78 is 36.5. The number of thioether (sulfide) groups is 1. The number of nitrogens with zero attached hydrogens (tertiary/aromatic N) is 3. The SMILES string of the molecule is C=CCN1[C@H]2c3c(cc(C)c(OC)c3O)C[C@H]1[C@H](C#N)N1C2[C@@H]2SC[C@]3(NCCc4c3[nH]c3ccc(OC)cc43)C(=O)OC[C@@H]1c1c3c(c(C)c(OC(C)=O)c12)OCO3. The molecule has 2 fully saturated rings. The molecule has 0 radical (unpaired) electrons. The minimum atomic E-state index is -1.31. The van der Waals surface area contributed by atoms with Crippen molar-refractivity contribution in [2.24, 2.45) is 0 Å². The second kappa shape index (κ2) is 13.8. The molecule has 1 aromatic heterocycles. The van der Waals surface area contributed by atoms with Gasteiger partial charge in [0.2, 0.25) is 6.79 Å². The first-order chi connectivity index (χ1) is 28.6. The standard InChI is InChI=1S/C44H45N5O9S/c1-7-12-48-28-14-23-13-20(2)37(54-6)36(51)31(23)34(48)35-41-33-32(40-39(56-19-57-40)21(3)38(33)58-22(4)50)30(49(35)29(28)16-45)17-55-43(52)44(18-59-41)42-25(10-11-46-44)26-15-24(53-5)8-9-27(26)47-42/h7-9,13,15,28-30,34-35,41,46-47,51H,1,10-12,14,17-19H2,2-6H3/t28-,29-,30+,34-,35?,41+,44+/m0/s1. The molecule has 4 aromatic rings. The highest BCUT2D eigenvalue weighted by molar-refractivity contribution is 7.99. The van der Waals surface area contributed by atoms with E-state index in [9.17, 15) is 20.0 Å². The lowest BCUT2D eigenvalue weighted by Crippen LogP contribution is -2.70. The van der Waals surface area contributed by atoms with Crippen molar-refractivity contribution in [3.63, 3.8) is 0 Å². The Labute approximate surface area is 345 Å². The molecule has 8 heterocycles. The molecule has 306 valence electrons. The summed E-state index contributed by atoms with van der Waals surface area (Å²) in [5.41, 5.74) is 5.73. The number of phenolic OH excluding ortho intramolecular Hbond substituents is 1. The van der Waals surface area contributed by atoms with E-state index in [0.717, 1.165) is 33.3 Å². The highest BCUT2D eigenvalue weighted by Crippen LogP contribution is 2.65. The number of rotatable bonds is 5. The van der Waals surface area contributed by atoms with E-state index in [1.165, 1.54) is 18.7 Å². The number of aromatic nitrogens is 1. The van der Waals surface area contributed by atoms with Crippen molar-refractivity contribution >= 4 is 34.6 Å². The number of piperazine rings is 1. The number of ether oxygens (including phenoxy) is 6. The summed E-state index contributed by atoms with van der Waals surface area (Å²) in [7, 11) is 3.18. The van der Waals surface area contributed by atoms with E-state index in [0.29, 0.717) is 76.9 Å². The van der Waals surface area contributed by atoms with Gasteiger partial charge in [0.05, 0.1) is 43.3 Å². The fourth-order valence-electron chi connectivity index (χ4n) is 11.0. The van der Waals surface area contributed by atoms with E-state index in [-0.39, 0.29) is 30.9 Å². The normalized spacial score (nSPS) is 27.8. The van der Waals surface area contributed by atoms with Crippen LogP contribution in [0.4, 0.5) is 0 Å². The molecule has 7 atom stereocenters. The van der Waals surface area contributed by atoms with Gasteiger partial charge in [0, 0.05) is 71.0 Å². The zero-order valence-electron chi connectivity index (χ0n) is 33.5. The fourth-order valence-corrected chi connectivity index (χ4v) is 12.7. The maximum Gasteiger partial charge on any atom is 0.333 e. The van der Waals surface area contributed by atoms with Gasteiger partial charge in [-0.1, -0.05) is 12.1 Å². The summed E-state index contributed by atoms with van der Waals surface area (Å²) in [6, 6.07) is 7.76. The maximum atomic E-state index is 15.0. The number of aromatic amines is 1. The molecule has 15 heteroatoms. The van der Waals surface area contributed by atoms with Crippen LogP contribution in [0.15, 0.2) is 36.9 Å². The molecule has 0 amide bonds. The minimum absolute atomic E-state index is 0.0469. The van der Waals surface area contributed by atoms with Crippen LogP contribution in [0.25, 0.3) is 10.9 Å². The quantitative estimate of drug-likeness (QED) is 0.135. The highest BCUT2D eigenvalue weighted by Gasteiger charge is 2.62. The van der Waals surface area contributed by atoms with Gasteiger partial charge in [0.1, 0.15) is 24.1 Å². The monoisotopic (exact) mass is 819 g/mol. The summed E-state index contributed by atoms with van der Waals surface area (Å²) in [5, 5.41) is 27.6. The minimum Gasteiger partial charge on any atom is -0.504 e. The third-order valence-corrected chi connectivity index (χ3v) is 14.7. The molecule has 3 N–H and O–H groups in total. The van der Waals surface area contributed by atoms with Gasteiger partial charge in [0.25, 0.3) is 0 Å². The Morgan fingerprint density at radius 3 is 2.69 bits per heavy atom. The van der Waals surface area contributed by atoms with Crippen molar-refractivity contribution in [2.75, 3.05) is 46.5 Å². The summed E-state index contributed by atoms with van der Waals surface area (Å²) in [6.45, 7) is 9.99. The molecule has 11 rings (SSSR count). The smallest absolute Gasteiger partial charge is 0.333 e. The molecule has 1 unspecified atom stereocenters. The van der Waals surface area contributed by atoms with Gasteiger partial charge >= 0.3 is 11.9 Å². The van der Waals surface area contributed by atoms with Crippen LogP contribution < -0.4 is 29.0 Å². The molecule has 4 bridgehead atoms. The Morgan fingerprint density at radius 1 is 1.14 bits per heavy atom. The molecule has 7 aliphatic heterocycles. The Hall–Kier alpha value is -5.40. The summed E-state index contributed by atoms with van der Waals surface area (Å²) in [4.78, 5) is 36.1.